The van der Waals surface area contributed by atoms with Crippen LogP contribution in [-0.2, 0) is 9.53 Å². The molecule has 1 spiro atoms. The van der Waals surface area contributed by atoms with Gasteiger partial charge >= 0.3 is 0 Å². The molecule has 2 rings (SSSR count). The number of carbonyl (C=O) groups is 1. The lowest BCUT2D eigenvalue weighted by atomic mass is 9.88. The Bertz CT molecular complexity index is 455. The van der Waals surface area contributed by atoms with Crippen LogP contribution in [0.15, 0.2) is 23.4 Å². The second-order valence-corrected chi connectivity index (χ2v) is 6.68. The Balaban J connectivity index is 1.85. The first-order chi connectivity index (χ1) is 11.0. The highest BCUT2D eigenvalue weighted by Gasteiger charge is 2.38. The molecule has 130 valence electrons. The smallest absolute Gasteiger partial charge is 0.230 e. The molecule has 0 aromatic carbocycles. The van der Waals surface area contributed by atoms with Gasteiger partial charge in [-0.2, -0.15) is 0 Å². The molecule has 2 aliphatic rings. The summed E-state index contributed by atoms with van der Waals surface area (Å²) >= 11 is 0. The molecule has 0 saturated carbocycles. The zero-order chi connectivity index (χ0) is 16.7. The molecule has 2 N–H and O–H groups in total. The van der Waals surface area contributed by atoms with Gasteiger partial charge in [0, 0.05) is 38.9 Å². The van der Waals surface area contributed by atoms with Gasteiger partial charge in [0.05, 0.1) is 5.60 Å². The van der Waals surface area contributed by atoms with E-state index in [4.69, 9.17) is 4.74 Å². The molecule has 5 nitrogen and oxygen atoms in total. The summed E-state index contributed by atoms with van der Waals surface area (Å²) in [5.74, 6) is -0.0704. The van der Waals surface area contributed by atoms with Crippen molar-refractivity contribution >= 4 is 5.91 Å². The summed E-state index contributed by atoms with van der Waals surface area (Å²) in [5.41, 5.74) is 8.27. The molecule has 5 heteroatoms. The van der Waals surface area contributed by atoms with Crippen LogP contribution in [0, 0.1) is 0 Å². The van der Waals surface area contributed by atoms with Crippen molar-refractivity contribution in [3.05, 3.63) is 23.4 Å². The second kappa shape index (κ2) is 8.50. The van der Waals surface area contributed by atoms with Crippen molar-refractivity contribution < 1.29 is 9.53 Å². The Kier molecular flexibility index (Phi) is 6.66. The molecular formula is C18H31N3O2. The molecule has 0 aromatic heterocycles. The molecule has 2 saturated heterocycles. The maximum Gasteiger partial charge on any atom is 0.230 e. The highest BCUT2D eigenvalue weighted by atomic mass is 16.5. The molecule has 2 fully saturated rings. The normalized spacial score (nSPS) is 21.8. The molecule has 0 aromatic rings. The van der Waals surface area contributed by atoms with E-state index < -0.39 is 0 Å². The van der Waals surface area contributed by atoms with Crippen LogP contribution in [-0.4, -0.2) is 42.6 Å². The topological polar surface area (TPSA) is 53.6 Å². The number of piperidine rings is 1. The number of allylic oxidation sites excluding steroid dienone is 3. The summed E-state index contributed by atoms with van der Waals surface area (Å²) < 4.78 is 6.00. The highest BCUT2D eigenvalue weighted by Crippen LogP contribution is 2.36. The van der Waals surface area contributed by atoms with Crippen LogP contribution < -0.4 is 10.9 Å². The summed E-state index contributed by atoms with van der Waals surface area (Å²) in [7, 11) is 0. The number of nitrogens with zero attached hydrogens (tertiary/aromatic N) is 1. The number of amides is 1. The molecule has 0 radical (unpaired) electrons. The molecule has 1 amide bonds. The maximum atomic E-state index is 10.8. The van der Waals surface area contributed by atoms with Gasteiger partial charge in [-0.25, -0.2) is 5.43 Å². The molecule has 0 atom stereocenters. The summed E-state index contributed by atoms with van der Waals surface area (Å²) in [6, 6.07) is 0. The first kappa shape index (κ1) is 18.0. The minimum Gasteiger partial charge on any atom is -0.375 e. The third-order valence-electron chi connectivity index (χ3n) is 4.82. The van der Waals surface area contributed by atoms with Gasteiger partial charge in [-0.15, -0.1) is 0 Å². The van der Waals surface area contributed by atoms with Crippen molar-refractivity contribution in [1.29, 1.82) is 0 Å². The van der Waals surface area contributed by atoms with Crippen LogP contribution in [0.1, 0.15) is 52.9 Å². The van der Waals surface area contributed by atoms with E-state index in [1.165, 1.54) is 31.0 Å². The lowest BCUT2D eigenvalue weighted by Crippen LogP contribution is -2.43. The standard InChI is InChI=1S/C18H31N3O2/c1-4-17(7-6-15(2)14-19-20-16(3)22)21-11-9-18(10-12-21)8-5-13-23-18/h6-7,19H,4-5,8-14H2,1-3H3,(H,20,22)/b15-6+,17-7+. The van der Waals surface area contributed by atoms with Gasteiger partial charge in [0.1, 0.15) is 0 Å². The number of hydrogen-bond donors (Lipinski definition) is 2. The van der Waals surface area contributed by atoms with E-state index in [0.29, 0.717) is 6.54 Å². The summed E-state index contributed by atoms with van der Waals surface area (Å²) in [6.45, 7) is 9.56. The Labute approximate surface area is 140 Å². The number of ether oxygens (including phenoxy) is 1. The van der Waals surface area contributed by atoms with Crippen LogP contribution in [0.3, 0.4) is 0 Å². The fourth-order valence-electron chi connectivity index (χ4n) is 3.40. The lowest BCUT2D eigenvalue weighted by Gasteiger charge is -2.40. The van der Waals surface area contributed by atoms with Gasteiger partial charge in [-0.05, 0) is 45.1 Å². The van der Waals surface area contributed by atoms with Gasteiger partial charge in [0.15, 0.2) is 0 Å². The van der Waals surface area contributed by atoms with Crippen molar-refractivity contribution in [1.82, 2.24) is 15.8 Å². The molecule has 0 aliphatic carbocycles. The fourth-order valence-corrected chi connectivity index (χ4v) is 3.40. The largest absolute Gasteiger partial charge is 0.375 e. The second-order valence-electron chi connectivity index (χ2n) is 6.68. The Hall–Kier alpha value is -1.33. The minimum atomic E-state index is -0.0704. The zero-order valence-electron chi connectivity index (χ0n) is 14.8. The predicted molar refractivity (Wildman–Crippen MR) is 92.7 cm³/mol. The number of hydrogen-bond acceptors (Lipinski definition) is 4. The molecule has 2 heterocycles. The third-order valence-corrected chi connectivity index (χ3v) is 4.82. The molecular weight excluding hydrogens is 290 g/mol. The molecule has 2 aliphatic heterocycles. The Morgan fingerprint density at radius 1 is 1.22 bits per heavy atom. The Morgan fingerprint density at radius 2 is 1.96 bits per heavy atom. The molecule has 23 heavy (non-hydrogen) atoms. The van der Waals surface area contributed by atoms with Crippen molar-refractivity contribution in [2.75, 3.05) is 26.2 Å². The lowest BCUT2D eigenvalue weighted by molar-refractivity contribution is -0.119. The van der Waals surface area contributed by atoms with Gasteiger partial charge in [0.2, 0.25) is 5.91 Å². The zero-order valence-corrected chi connectivity index (χ0v) is 14.8. The van der Waals surface area contributed by atoms with E-state index in [0.717, 1.165) is 39.0 Å². The predicted octanol–water partition coefficient (Wildman–Crippen LogP) is 2.51. The van der Waals surface area contributed by atoms with Crippen LogP contribution in [0.5, 0.6) is 0 Å². The average molecular weight is 321 g/mol. The fraction of sp³-hybridized carbons (Fsp3) is 0.722. The molecule has 0 bridgehead atoms. The van der Waals surface area contributed by atoms with Crippen LogP contribution in [0.4, 0.5) is 0 Å². The number of carbonyl (C=O) groups excluding carboxylic acids is 1. The quantitative estimate of drug-likeness (QED) is 0.583. The van der Waals surface area contributed by atoms with Gasteiger partial charge in [-0.1, -0.05) is 18.6 Å². The van der Waals surface area contributed by atoms with E-state index in [-0.39, 0.29) is 11.5 Å². The van der Waals surface area contributed by atoms with Crippen molar-refractivity contribution in [2.24, 2.45) is 0 Å². The monoisotopic (exact) mass is 321 g/mol. The van der Waals surface area contributed by atoms with Crippen LogP contribution in [0.2, 0.25) is 0 Å². The van der Waals surface area contributed by atoms with E-state index in [9.17, 15) is 4.79 Å². The van der Waals surface area contributed by atoms with Crippen molar-refractivity contribution in [3.63, 3.8) is 0 Å². The van der Waals surface area contributed by atoms with E-state index in [1.807, 2.05) is 0 Å². The van der Waals surface area contributed by atoms with Crippen molar-refractivity contribution in [2.45, 2.75) is 58.5 Å². The molecule has 0 unspecified atom stereocenters. The van der Waals surface area contributed by atoms with Gasteiger partial charge in [0.25, 0.3) is 0 Å². The van der Waals surface area contributed by atoms with E-state index in [1.54, 1.807) is 0 Å². The van der Waals surface area contributed by atoms with Crippen molar-refractivity contribution in [3.8, 4) is 0 Å². The van der Waals surface area contributed by atoms with Crippen LogP contribution in [0.25, 0.3) is 0 Å². The van der Waals surface area contributed by atoms with Gasteiger partial charge < -0.3 is 9.64 Å². The minimum absolute atomic E-state index is 0.0704. The van der Waals surface area contributed by atoms with Crippen LogP contribution >= 0.6 is 0 Å². The summed E-state index contributed by atoms with van der Waals surface area (Å²) in [4.78, 5) is 13.3. The summed E-state index contributed by atoms with van der Waals surface area (Å²) in [5, 5.41) is 0. The highest BCUT2D eigenvalue weighted by molar-refractivity contribution is 5.72. The number of hydrazine groups is 1. The van der Waals surface area contributed by atoms with E-state index in [2.05, 4.69) is 41.8 Å². The number of nitrogens with one attached hydrogen (secondary N) is 2. The van der Waals surface area contributed by atoms with Gasteiger partial charge in [-0.3, -0.25) is 10.2 Å². The van der Waals surface area contributed by atoms with E-state index >= 15 is 0 Å². The Morgan fingerprint density at radius 3 is 2.52 bits per heavy atom. The summed E-state index contributed by atoms with van der Waals surface area (Å²) in [6.07, 6.45) is 10.2. The first-order valence-electron chi connectivity index (χ1n) is 8.79. The number of likely N-dealkylation sites (tertiary alicyclic amines) is 1. The SMILES string of the molecule is CC/C(=C\C=C(/C)CNNC(C)=O)N1CCC2(CCCO2)CC1. The number of rotatable bonds is 6. The third kappa shape index (κ3) is 5.36. The maximum absolute atomic E-state index is 10.8. The first-order valence-corrected chi connectivity index (χ1v) is 8.79. The average Bonchev–Trinajstić information content (AvgIpc) is 2.97.